The summed E-state index contributed by atoms with van der Waals surface area (Å²) in [5.41, 5.74) is 4.59. The summed E-state index contributed by atoms with van der Waals surface area (Å²) >= 11 is 0. The number of hydrogen-bond acceptors (Lipinski definition) is 6. The molecule has 6 heteroatoms. The first-order chi connectivity index (χ1) is 19.3. The average molecular weight is 543 g/mol. The second kappa shape index (κ2) is 14.6. The van der Waals surface area contributed by atoms with Crippen LogP contribution in [-0.4, -0.2) is 71.7 Å². The van der Waals surface area contributed by atoms with Crippen molar-refractivity contribution in [3.8, 4) is 0 Å². The van der Waals surface area contributed by atoms with Gasteiger partial charge in [0.25, 0.3) is 0 Å². The number of likely N-dealkylation sites (N-methyl/N-ethyl adjacent to an activating group) is 1. The number of carbonyl (C=O) groups excluding carboxylic acids is 1. The van der Waals surface area contributed by atoms with E-state index in [-0.39, 0.29) is 12.2 Å². The fourth-order valence-electron chi connectivity index (χ4n) is 5.71. The summed E-state index contributed by atoms with van der Waals surface area (Å²) in [5.74, 6) is -0.265. The Balaban J connectivity index is 1.25. The van der Waals surface area contributed by atoms with Crippen molar-refractivity contribution in [1.29, 1.82) is 0 Å². The first-order valence-electron chi connectivity index (χ1n) is 14.6. The smallest absolute Gasteiger partial charge is 0.339 e. The number of nitrogens with one attached hydrogen (secondary N) is 1. The first kappa shape index (κ1) is 29.9. The lowest BCUT2D eigenvalue weighted by molar-refractivity contribution is -0.0677. The van der Waals surface area contributed by atoms with Crippen LogP contribution in [0.1, 0.15) is 54.7 Å². The molecule has 214 valence electrons. The minimum Gasteiger partial charge on any atom is -0.443 e. The van der Waals surface area contributed by atoms with E-state index < -0.39 is 0 Å². The Morgan fingerprint density at radius 2 is 1.50 bits per heavy atom. The minimum atomic E-state index is -0.265. The van der Waals surface area contributed by atoms with Crippen molar-refractivity contribution in [2.75, 3.05) is 26.7 Å². The maximum atomic E-state index is 12.6. The summed E-state index contributed by atoms with van der Waals surface area (Å²) < 4.78 is 5.80. The summed E-state index contributed by atoms with van der Waals surface area (Å²) in [6.07, 6.45) is -0.261. The van der Waals surface area contributed by atoms with E-state index in [1.807, 2.05) is 25.1 Å². The Labute approximate surface area is 240 Å². The molecule has 3 aromatic rings. The van der Waals surface area contributed by atoms with E-state index in [4.69, 9.17) is 4.74 Å². The van der Waals surface area contributed by atoms with E-state index in [9.17, 15) is 4.79 Å². The van der Waals surface area contributed by atoms with Gasteiger partial charge in [-0.15, -0.1) is 0 Å². The molecule has 4 atom stereocenters. The van der Waals surface area contributed by atoms with E-state index in [2.05, 4.69) is 102 Å². The minimum absolute atomic E-state index is 0.261. The number of carbonyl (C=O) groups is 1. The summed E-state index contributed by atoms with van der Waals surface area (Å²) in [6, 6.07) is 29.9. The first-order valence-corrected chi connectivity index (χ1v) is 14.6. The van der Waals surface area contributed by atoms with Crippen LogP contribution in [0, 0.1) is 0 Å². The van der Waals surface area contributed by atoms with Gasteiger partial charge in [0.1, 0.15) is 0 Å². The quantitative estimate of drug-likeness (QED) is 0.310. The van der Waals surface area contributed by atoms with Gasteiger partial charge in [-0.2, -0.15) is 0 Å². The topological polar surface area (TPSA) is 48.0 Å². The number of hydrogen-bond donors (Lipinski definition) is 1. The third-order valence-electron chi connectivity index (χ3n) is 7.82. The zero-order valence-corrected chi connectivity index (χ0v) is 24.8. The monoisotopic (exact) mass is 542 g/mol. The van der Waals surface area contributed by atoms with Crippen molar-refractivity contribution in [2.45, 2.75) is 71.7 Å². The highest BCUT2D eigenvalue weighted by Gasteiger charge is 2.33. The van der Waals surface area contributed by atoms with Crippen LogP contribution in [0.3, 0.4) is 0 Å². The summed E-state index contributed by atoms with van der Waals surface area (Å²) in [5, 5.41) is 3.71. The van der Waals surface area contributed by atoms with Gasteiger partial charge in [-0.3, -0.25) is 9.80 Å². The molecule has 2 unspecified atom stereocenters. The van der Waals surface area contributed by atoms with Crippen molar-refractivity contribution in [3.63, 3.8) is 0 Å². The molecule has 1 saturated heterocycles. The van der Waals surface area contributed by atoms with Crippen LogP contribution in [0.25, 0.3) is 0 Å². The highest BCUT2D eigenvalue weighted by molar-refractivity contribution is 5.89. The van der Waals surface area contributed by atoms with Crippen LogP contribution in [0.15, 0.2) is 84.9 Å². The number of benzene rings is 3. The second-order valence-electron chi connectivity index (χ2n) is 11.5. The van der Waals surface area contributed by atoms with E-state index in [1.54, 1.807) is 12.1 Å². The van der Waals surface area contributed by atoms with Crippen LogP contribution in [-0.2, 0) is 24.4 Å². The lowest BCUT2D eigenvalue weighted by atomic mass is 10.0. The maximum absolute atomic E-state index is 12.6. The molecule has 0 spiro atoms. The fourth-order valence-corrected chi connectivity index (χ4v) is 5.71. The van der Waals surface area contributed by atoms with Crippen molar-refractivity contribution in [1.82, 2.24) is 20.0 Å². The molecule has 0 bridgehead atoms. The van der Waals surface area contributed by atoms with Gasteiger partial charge in [0.05, 0.1) is 5.56 Å². The molecule has 1 aliphatic rings. The predicted molar refractivity (Wildman–Crippen MR) is 163 cm³/mol. The van der Waals surface area contributed by atoms with Crippen molar-refractivity contribution in [2.24, 2.45) is 0 Å². The number of rotatable bonds is 12. The van der Waals surface area contributed by atoms with Crippen LogP contribution in [0.4, 0.5) is 0 Å². The van der Waals surface area contributed by atoms with Crippen LogP contribution < -0.4 is 5.32 Å². The number of piperazine rings is 1. The highest BCUT2D eigenvalue weighted by Crippen LogP contribution is 2.22. The third-order valence-corrected chi connectivity index (χ3v) is 7.82. The van der Waals surface area contributed by atoms with Gasteiger partial charge >= 0.3 is 5.97 Å². The van der Waals surface area contributed by atoms with Crippen molar-refractivity contribution >= 4 is 5.97 Å². The molecule has 0 radical (unpaired) electrons. The average Bonchev–Trinajstić information content (AvgIpc) is 2.95. The van der Waals surface area contributed by atoms with Crippen LogP contribution >= 0.6 is 0 Å². The summed E-state index contributed by atoms with van der Waals surface area (Å²) in [7, 11) is 2.18. The molecule has 0 saturated carbocycles. The number of ether oxygens (including phenoxy) is 1. The molecule has 1 heterocycles. The number of esters is 1. The predicted octanol–water partition coefficient (Wildman–Crippen LogP) is 5.39. The van der Waals surface area contributed by atoms with Gasteiger partial charge in [-0.1, -0.05) is 72.8 Å². The van der Waals surface area contributed by atoms with Gasteiger partial charge in [-0.25, -0.2) is 4.79 Å². The van der Waals surface area contributed by atoms with Gasteiger partial charge in [0.2, 0.25) is 0 Å². The molecule has 1 fully saturated rings. The van der Waals surface area contributed by atoms with Gasteiger partial charge in [0.15, 0.2) is 6.23 Å². The molecule has 4 rings (SSSR count). The summed E-state index contributed by atoms with van der Waals surface area (Å²) in [6.45, 7) is 14.2. The zero-order valence-electron chi connectivity index (χ0n) is 24.8. The molecule has 40 heavy (non-hydrogen) atoms. The molecule has 0 aromatic heterocycles. The van der Waals surface area contributed by atoms with Gasteiger partial charge in [0, 0.05) is 57.4 Å². The molecule has 1 aliphatic heterocycles. The Bertz CT molecular complexity index is 1180. The van der Waals surface area contributed by atoms with Crippen molar-refractivity contribution in [3.05, 3.63) is 107 Å². The number of nitrogens with zero attached hydrogens (tertiary/aromatic N) is 3. The Morgan fingerprint density at radius 3 is 2.17 bits per heavy atom. The Kier molecular flexibility index (Phi) is 10.9. The van der Waals surface area contributed by atoms with Crippen molar-refractivity contribution < 1.29 is 9.53 Å². The van der Waals surface area contributed by atoms with Gasteiger partial charge < -0.3 is 15.0 Å². The lowest BCUT2D eigenvalue weighted by Crippen LogP contribution is -2.58. The van der Waals surface area contributed by atoms with Crippen LogP contribution in [0.5, 0.6) is 0 Å². The highest BCUT2D eigenvalue weighted by atomic mass is 16.6. The standard InChI is InChI=1S/C34H46N4O2/c1-26(21-36(5)24-30-13-8-6-9-14-30)35-20-31-15-12-16-32(19-31)25-38-27(2)22-37(23-28(38)3)29(4)40-34(39)33-17-10-7-11-18-33/h6-19,26-29,35H,20-25H2,1-5H3/t26?,27-,28+,29?. The van der Waals surface area contributed by atoms with Crippen LogP contribution in [0.2, 0.25) is 0 Å². The fraction of sp³-hybridized carbons (Fsp3) is 0.441. The Morgan fingerprint density at radius 1 is 0.900 bits per heavy atom. The second-order valence-corrected chi connectivity index (χ2v) is 11.5. The SMILES string of the molecule is CC(CN(C)Cc1ccccc1)NCc1cccc(CN2[C@H](C)CN(C(C)OC(=O)c3ccccc3)C[C@@H]2C)c1. The molecule has 3 aromatic carbocycles. The van der Waals surface area contributed by atoms with Gasteiger partial charge in [-0.05, 0) is 63.6 Å². The molecular formula is C34H46N4O2. The molecular weight excluding hydrogens is 496 g/mol. The largest absolute Gasteiger partial charge is 0.443 e. The Hall–Kier alpha value is -3.03. The third kappa shape index (κ3) is 8.73. The molecule has 0 amide bonds. The molecule has 6 nitrogen and oxygen atoms in total. The zero-order chi connectivity index (χ0) is 28.5. The summed E-state index contributed by atoms with van der Waals surface area (Å²) in [4.78, 5) is 19.8. The van der Waals surface area contributed by atoms with E-state index in [1.165, 1.54) is 16.7 Å². The van der Waals surface area contributed by atoms with E-state index in [0.29, 0.717) is 23.7 Å². The normalized spacial score (nSPS) is 19.9. The van der Waals surface area contributed by atoms with E-state index in [0.717, 1.165) is 39.3 Å². The maximum Gasteiger partial charge on any atom is 0.339 e. The lowest BCUT2D eigenvalue weighted by Gasteiger charge is -2.46. The van der Waals surface area contributed by atoms with E-state index >= 15 is 0 Å². The molecule has 0 aliphatic carbocycles. The molecule has 1 N–H and O–H groups in total.